The number of nitrogens with zero attached hydrogens (tertiary/aromatic N) is 2. The Morgan fingerprint density at radius 2 is 0.775 bits per heavy atom. The monoisotopic (exact) mass is 1030 g/mol. The summed E-state index contributed by atoms with van der Waals surface area (Å²) in [6.07, 6.45) is 14.4. The van der Waals surface area contributed by atoms with Gasteiger partial charge in [0.15, 0.2) is 11.2 Å². The van der Waals surface area contributed by atoms with E-state index in [1.54, 1.807) is 0 Å². The van der Waals surface area contributed by atoms with E-state index in [1.807, 2.05) is 0 Å². The summed E-state index contributed by atoms with van der Waals surface area (Å²) in [5, 5.41) is 9.82. The maximum absolute atomic E-state index is 7.34. The number of hydrogen-bond acceptors (Lipinski definition) is 4. The van der Waals surface area contributed by atoms with Crippen molar-refractivity contribution in [2.24, 2.45) is 0 Å². The van der Waals surface area contributed by atoms with E-state index in [0.29, 0.717) is 11.8 Å². The van der Waals surface area contributed by atoms with Gasteiger partial charge in [-0.05, 0) is 160 Å². The van der Waals surface area contributed by atoms with Crippen molar-refractivity contribution in [3.8, 4) is 22.3 Å². The molecule has 3 aliphatic rings. The first-order valence-corrected chi connectivity index (χ1v) is 29.5. The van der Waals surface area contributed by atoms with Gasteiger partial charge in [-0.2, -0.15) is 0 Å². The fourth-order valence-corrected chi connectivity index (χ4v) is 14.7. The first-order valence-electron chi connectivity index (χ1n) is 29.5. The van der Waals surface area contributed by atoms with Crippen LogP contribution < -0.4 is 9.80 Å². The van der Waals surface area contributed by atoms with Crippen LogP contribution in [0.3, 0.4) is 0 Å². The number of anilines is 6. The van der Waals surface area contributed by atoms with Gasteiger partial charge < -0.3 is 18.6 Å². The minimum atomic E-state index is 0.513. The maximum Gasteiger partial charge on any atom is 0.159 e. The van der Waals surface area contributed by atoms with Crippen LogP contribution in [-0.2, 0) is 12.8 Å². The molecule has 2 saturated carbocycles. The predicted molar refractivity (Wildman–Crippen MR) is 335 cm³/mol. The van der Waals surface area contributed by atoms with Crippen molar-refractivity contribution in [2.45, 2.75) is 88.9 Å². The van der Waals surface area contributed by atoms with Crippen LogP contribution in [-0.4, -0.2) is 0 Å². The summed E-state index contributed by atoms with van der Waals surface area (Å²) in [6, 6.07) is 81.3. The molecule has 0 saturated heterocycles. The van der Waals surface area contributed by atoms with Crippen LogP contribution in [0.15, 0.2) is 227 Å². The Morgan fingerprint density at radius 3 is 1.32 bits per heavy atom. The first kappa shape index (κ1) is 47.2. The van der Waals surface area contributed by atoms with Gasteiger partial charge in [-0.15, -0.1) is 0 Å². The average molecular weight is 1040 g/mol. The molecular formula is C76H62N2O2. The lowest BCUT2D eigenvalue weighted by Crippen LogP contribution is -2.15. The van der Waals surface area contributed by atoms with Crippen molar-refractivity contribution in [3.05, 3.63) is 241 Å². The van der Waals surface area contributed by atoms with Crippen molar-refractivity contribution in [2.75, 3.05) is 9.80 Å². The Labute approximate surface area is 467 Å². The standard InChI is InChI=1S/C76H62N2O2/c1-5-19-49(20-6-1)55-27-13-29-57(47-55)77(69-37-17-35-63-61-33-15-31-59(73(61)79-75(63)69)51-23-9-3-10-24-51)67-45-41-53-40-44-66-68(46-42-54-39-43-65(67)71(53)72(54)66)78(58-30-14-28-56(48-58)50-21-7-2-8-22-50)70-38-18-36-64-62-34-16-32-60(74(62)80-76(64)70)52-25-11-4-12-26-52/h1-2,5-8,13-22,27-39,41-43,45-48,51-52H,3-4,9-12,23-26,40,44H2. The zero-order valence-corrected chi connectivity index (χ0v) is 45.1. The van der Waals surface area contributed by atoms with Gasteiger partial charge in [0.05, 0.1) is 22.7 Å². The summed E-state index contributed by atoms with van der Waals surface area (Å²) >= 11 is 0. The molecule has 16 rings (SSSR count). The molecule has 0 amide bonds. The van der Waals surface area contributed by atoms with E-state index in [1.165, 1.54) is 147 Å². The van der Waals surface area contributed by atoms with E-state index in [9.17, 15) is 0 Å². The van der Waals surface area contributed by atoms with E-state index >= 15 is 0 Å². The summed E-state index contributed by atoms with van der Waals surface area (Å²) in [5.41, 5.74) is 20.7. The molecule has 2 fully saturated rings. The Bertz CT molecular complexity index is 4520. The number of benzene rings is 11. The molecule has 0 atom stereocenters. The molecular weight excluding hydrogens is 973 g/mol. The summed E-state index contributed by atoms with van der Waals surface area (Å²) in [6.45, 7) is 0. The molecule has 2 heterocycles. The van der Waals surface area contributed by atoms with E-state index in [0.717, 1.165) is 74.4 Å². The maximum atomic E-state index is 7.34. The smallest absolute Gasteiger partial charge is 0.159 e. The molecule has 4 nitrogen and oxygen atoms in total. The summed E-state index contributed by atoms with van der Waals surface area (Å²) in [5.74, 6) is 1.03. The number of fused-ring (bicyclic) bond motifs is 6. The average Bonchev–Trinajstić information content (AvgIpc) is 4.26. The second kappa shape index (κ2) is 19.5. The lowest BCUT2D eigenvalue weighted by Gasteiger charge is -2.32. The predicted octanol–water partition coefficient (Wildman–Crippen LogP) is 22.3. The van der Waals surface area contributed by atoms with Gasteiger partial charge in [-0.1, -0.05) is 208 Å². The molecule has 80 heavy (non-hydrogen) atoms. The fourth-order valence-electron chi connectivity index (χ4n) is 14.7. The summed E-state index contributed by atoms with van der Waals surface area (Å²) in [7, 11) is 0. The highest BCUT2D eigenvalue weighted by atomic mass is 16.3. The molecule has 0 unspecified atom stereocenters. The Kier molecular flexibility index (Phi) is 11.5. The minimum absolute atomic E-state index is 0.513. The first-order chi connectivity index (χ1) is 39.7. The molecule has 3 aliphatic carbocycles. The molecule has 2 aromatic heterocycles. The van der Waals surface area contributed by atoms with Gasteiger partial charge >= 0.3 is 0 Å². The number of para-hydroxylation sites is 4. The Morgan fingerprint density at radius 1 is 0.312 bits per heavy atom. The molecule has 4 heteroatoms. The number of hydrogen-bond donors (Lipinski definition) is 0. The molecule has 0 radical (unpaired) electrons. The van der Waals surface area contributed by atoms with E-state index in [4.69, 9.17) is 8.83 Å². The number of furan rings is 2. The Balaban J connectivity index is 0.928. The fraction of sp³-hybridized carbons (Fsp3) is 0.184. The molecule has 0 N–H and O–H groups in total. The van der Waals surface area contributed by atoms with E-state index in [-0.39, 0.29) is 0 Å². The van der Waals surface area contributed by atoms with Gasteiger partial charge in [0.1, 0.15) is 11.2 Å². The third kappa shape index (κ3) is 7.78. The van der Waals surface area contributed by atoms with Crippen molar-refractivity contribution in [1.29, 1.82) is 0 Å². The topological polar surface area (TPSA) is 32.8 Å². The van der Waals surface area contributed by atoms with Crippen molar-refractivity contribution < 1.29 is 8.83 Å². The highest BCUT2D eigenvalue weighted by Gasteiger charge is 2.30. The van der Waals surface area contributed by atoms with E-state index < -0.39 is 0 Å². The zero-order chi connectivity index (χ0) is 52.7. The zero-order valence-electron chi connectivity index (χ0n) is 45.1. The summed E-state index contributed by atoms with van der Waals surface area (Å²) < 4.78 is 14.7. The molecule has 11 aromatic carbocycles. The SMILES string of the molecule is c1ccc(-c2cccc(N(c3ccc4ccc5c(N(c6cccc(-c7ccccc7)c6)c6cccc7c6oc6c(C8CCCCC8)cccc67)ccc6c5c4c3CC6)c3cccc4c3oc3c(C5CCCCC5)cccc34)c2)cc1. The van der Waals surface area contributed by atoms with Gasteiger partial charge in [0.25, 0.3) is 0 Å². The van der Waals surface area contributed by atoms with Crippen LogP contribution in [0.2, 0.25) is 0 Å². The van der Waals surface area contributed by atoms with Gasteiger partial charge in [0, 0.05) is 38.3 Å². The van der Waals surface area contributed by atoms with Crippen LogP contribution in [0, 0.1) is 0 Å². The largest absolute Gasteiger partial charge is 0.454 e. The second-order valence-electron chi connectivity index (χ2n) is 23.0. The van der Waals surface area contributed by atoms with Gasteiger partial charge in [0.2, 0.25) is 0 Å². The van der Waals surface area contributed by atoms with Crippen molar-refractivity contribution >= 4 is 99.5 Å². The van der Waals surface area contributed by atoms with Crippen molar-refractivity contribution in [1.82, 2.24) is 0 Å². The number of aryl methyl sites for hydroxylation is 2. The highest BCUT2D eigenvalue weighted by Crippen LogP contribution is 2.52. The van der Waals surface area contributed by atoms with Gasteiger partial charge in [-0.25, -0.2) is 0 Å². The second-order valence-corrected chi connectivity index (χ2v) is 23.0. The summed E-state index contributed by atoms with van der Waals surface area (Å²) in [4.78, 5) is 5.01. The molecule has 0 bridgehead atoms. The van der Waals surface area contributed by atoms with Crippen LogP contribution in [0.1, 0.15) is 98.3 Å². The lowest BCUT2D eigenvalue weighted by molar-refractivity contribution is 0.442. The number of rotatable bonds is 10. The Hall–Kier alpha value is -8.86. The highest BCUT2D eigenvalue weighted by molar-refractivity contribution is 6.20. The molecule has 0 spiro atoms. The van der Waals surface area contributed by atoms with Crippen LogP contribution >= 0.6 is 0 Å². The van der Waals surface area contributed by atoms with Crippen molar-refractivity contribution in [3.63, 3.8) is 0 Å². The molecule has 0 aliphatic heterocycles. The third-order valence-corrected chi connectivity index (χ3v) is 18.5. The quantitative estimate of drug-likeness (QED) is 0.128. The van der Waals surface area contributed by atoms with Crippen LogP contribution in [0.25, 0.3) is 87.7 Å². The lowest BCUT2D eigenvalue weighted by atomic mass is 9.83. The van der Waals surface area contributed by atoms with Gasteiger partial charge in [-0.3, -0.25) is 0 Å². The molecule has 13 aromatic rings. The third-order valence-electron chi connectivity index (χ3n) is 18.5. The molecule has 388 valence electrons. The minimum Gasteiger partial charge on any atom is -0.454 e. The normalized spacial score (nSPS) is 15.1. The van der Waals surface area contributed by atoms with Crippen LogP contribution in [0.4, 0.5) is 34.1 Å². The van der Waals surface area contributed by atoms with Crippen LogP contribution in [0.5, 0.6) is 0 Å². The van der Waals surface area contributed by atoms with E-state index in [2.05, 4.69) is 228 Å².